The lowest BCUT2D eigenvalue weighted by atomic mass is 10.2. The third-order valence-electron chi connectivity index (χ3n) is 3.97. The number of aryl methyl sites for hydroxylation is 1. The highest BCUT2D eigenvalue weighted by Gasteiger charge is 2.27. The molecule has 0 fully saturated rings. The van der Waals surface area contributed by atoms with E-state index in [0.29, 0.717) is 6.42 Å². The van der Waals surface area contributed by atoms with Gasteiger partial charge in [0.05, 0.1) is 5.69 Å². The zero-order valence-electron chi connectivity index (χ0n) is 13.8. The third kappa shape index (κ3) is 3.62. The molecular formula is C19H20N2O2S. The summed E-state index contributed by atoms with van der Waals surface area (Å²) in [6, 6.07) is 15.4. The number of rotatable bonds is 3. The molecule has 4 nitrogen and oxygen atoms in total. The van der Waals surface area contributed by atoms with E-state index in [9.17, 15) is 9.59 Å². The minimum absolute atomic E-state index is 0.0140. The predicted octanol–water partition coefficient (Wildman–Crippen LogP) is 3.85. The Morgan fingerprint density at radius 2 is 1.92 bits per heavy atom. The molecule has 0 spiro atoms. The van der Waals surface area contributed by atoms with E-state index < -0.39 is 0 Å². The van der Waals surface area contributed by atoms with Crippen LogP contribution in [-0.2, 0) is 9.59 Å². The van der Waals surface area contributed by atoms with E-state index in [1.54, 1.807) is 16.7 Å². The van der Waals surface area contributed by atoms with Crippen molar-refractivity contribution >= 4 is 35.0 Å². The summed E-state index contributed by atoms with van der Waals surface area (Å²) in [6.45, 7) is 4.01. The largest absolute Gasteiger partial charge is 0.324 e. The zero-order valence-corrected chi connectivity index (χ0v) is 14.6. The Kier molecular flexibility index (Phi) is 4.90. The first kappa shape index (κ1) is 16.6. The molecule has 1 aliphatic rings. The fourth-order valence-corrected chi connectivity index (χ4v) is 3.86. The van der Waals surface area contributed by atoms with Crippen molar-refractivity contribution < 1.29 is 9.59 Å². The number of benzene rings is 2. The van der Waals surface area contributed by atoms with E-state index in [1.807, 2.05) is 62.4 Å². The first-order valence-corrected chi connectivity index (χ1v) is 8.84. The molecule has 24 heavy (non-hydrogen) atoms. The summed E-state index contributed by atoms with van der Waals surface area (Å²) in [5.74, 6) is -0.202. The normalized spacial score (nSPS) is 17.2. The molecule has 1 heterocycles. The van der Waals surface area contributed by atoms with Gasteiger partial charge in [0.15, 0.2) is 0 Å². The van der Waals surface area contributed by atoms with Crippen molar-refractivity contribution in [1.29, 1.82) is 0 Å². The van der Waals surface area contributed by atoms with Crippen LogP contribution in [0.2, 0.25) is 0 Å². The van der Waals surface area contributed by atoms with Gasteiger partial charge in [-0.25, -0.2) is 0 Å². The SMILES string of the molecule is Cc1ccccc1NC(=O)CN1C(=O)CC(C)Sc2ccccc21. The molecule has 0 radical (unpaired) electrons. The van der Waals surface area contributed by atoms with Crippen LogP contribution in [0.5, 0.6) is 0 Å². The molecule has 2 amide bonds. The van der Waals surface area contributed by atoms with Crippen LogP contribution < -0.4 is 10.2 Å². The minimum Gasteiger partial charge on any atom is -0.324 e. The summed E-state index contributed by atoms with van der Waals surface area (Å²) in [5, 5.41) is 3.10. The summed E-state index contributed by atoms with van der Waals surface area (Å²) in [4.78, 5) is 27.7. The molecule has 0 aliphatic carbocycles. The van der Waals surface area contributed by atoms with Crippen LogP contribution in [-0.4, -0.2) is 23.6 Å². The second-order valence-corrected chi connectivity index (χ2v) is 7.42. The van der Waals surface area contributed by atoms with Crippen molar-refractivity contribution in [1.82, 2.24) is 0 Å². The molecule has 0 bridgehead atoms. The van der Waals surface area contributed by atoms with E-state index >= 15 is 0 Å². The Labute approximate surface area is 146 Å². The smallest absolute Gasteiger partial charge is 0.244 e. The lowest BCUT2D eigenvalue weighted by molar-refractivity contribution is -0.121. The number of fused-ring (bicyclic) bond motifs is 1. The van der Waals surface area contributed by atoms with Crippen molar-refractivity contribution in [2.24, 2.45) is 0 Å². The van der Waals surface area contributed by atoms with E-state index in [4.69, 9.17) is 0 Å². The minimum atomic E-state index is -0.188. The topological polar surface area (TPSA) is 49.4 Å². The van der Waals surface area contributed by atoms with E-state index in [1.165, 1.54) is 0 Å². The van der Waals surface area contributed by atoms with Gasteiger partial charge >= 0.3 is 0 Å². The van der Waals surface area contributed by atoms with Gasteiger partial charge in [0, 0.05) is 22.3 Å². The van der Waals surface area contributed by atoms with Crippen LogP contribution in [0.4, 0.5) is 11.4 Å². The Morgan fingerprint density at radius 1 is 1.21 bits per heavy atom. The van der Waals surface area contributed by atoms with Gasteiger partial charge in [0.25, 0.3) is 0 Å². The van der Waals surface area contributed by atoms with Gasteiger partial charge in [-0.05, 0) is 30.7 Å². The first-order chi connectivity index (χ1) is 11.5. The summed E-state index contributed by atoms with van der Waals surface area (Å²) >= 11 is 1.68. The van der Waals surface area contributed by atoms with E-state index in [2.05, 4.69) is 5.32 Å². The second-order valence-electron chi connectivity index (χ2n) is 5.94. The molecule has 0 aromatic heterocycles. The number of nitrogens with one attached hydrogen (secondary N) is 1. The van der Waals surface area contributed by atoms with Crippen molar-refractivity contribution in [3.8, 4) is 0 Å². The zero-order chi connectivity index (χ0) is 17.1. The maximum absolute atomic E-state index is 12.6. The number of thioether (sulfide) groups is 1. The fraction of sp³-hybridized carbons (Fsp3) is 0.263. The molecule has 1 N–H and O–H groups in total. The maximum atomic E-state index is 12.6. The van der Waals surface area contributed by atoms with Crippen LogP contribution in [0.25, 0.3) is 0 Å². The van der Waals surface area contributed by atoms with Gasteiger partial charge in [0.1, 0.15) is 6.54 Å². The molecule has 1 unspecified atom stereocenters. The van der Waals surface area contributed by atoms with Gasteiger partial charge in [-0.2, -0.15) is 0 Å². The van der Waals surface area contributed by atoms with Crippen LogP contribution in [0, 0.1) is 6.92 Å². The number of carbonyl (C=O) groups excluding carboxylic acids is 2. The predicted molar refractivity (Wildman–Crippen MR) is 98.5 cm³/mol. The molecular weight excluding hydrogens is 320 g/mol. The molecule has 0 saturated heterocycles. The van der Waals surface area contributed by atoms with Crippen molar-refractivity contribution in [2.75, 3.05) is 16.8 Å². The molecule has 2 aromatic carbocycles. The number of hydrogen-bond donors (Lipinski definition) is 1. The average Bonchev–Trinajstić information content (AvgIpc) is 2.66. The number of nitrogens with zero attached hydrogens (tertiary/aromatic N) is 1. The molecule has 3 rings (SSSR count). The standard InChI is InChI=1S/C19H20N2O2S/c1-13-7-3-4-8-15(13)20-18(22)12-21-16-9-5-6-10-17(16)24-14(2)11-19(21)23/h3-10,14H,11-12H2,1-2H3,(H,20,22). The average molecular weight is 340 g/mol. The fourth-order valence-electron chi connectivity index (χ4n) is 2.75. The van der Waals surface area contributed by atoms with Crippen LogP contribution in [0.1, 0.15) is 18.9 Å². The summed E-state index contributed by atoms with van der Waals surface area (Å²) in [7, 11) is 0. The van der Waals surface area contributed by atoms with Gasteiger partial charge in [-0.15, -0.1) is 11.8 Å². The van der Waals surface area contributed by atoms with Crippen LogP contribution in [0.15, 0.2) is 53.4 Å². The summed E-state index contributed by atoms with van der Waals surface area (Å²) < 4.78 is 0. The van der Waals surface area contributed by atoms with Gasteiger partial charge < -0.3 is 10.2 Å². The van der Waals surface area contributed by atoms with Crippen molar-refractivity contribution in [3.63, 3.8) is 0 Å². The van der Waals surface area contributed by atoms with Crippen molar-refractivity contribution in [2.45, 2.75) is 30.4 Å². The van der Waals surface area contributed by atoms with E-state index in [-0.39, 0.29) is 23.6 Å². The third-order valence-corrected chi connectivity index (χ3v) is 5.14. The number of amides is 2. The molecule has 2 aromatic rings. The highest BCUT2D eigenvalue weighted by molar-refractivity contribution is 8.00. The molecule has 0 saturated carbocycles. The Balaban J connectivity index is 1.81. The summed E-state index contributed by atoms with van der Waals surface area (Å²) in [5.41, 5.74) is 2.59. The van der Waals surface area contributed by atoms with Crippen LogP contribution in [0.3, 0.4) is 0 Å². The quantitative estimate of drug-likeness (QED) is 0.923. The number of anilines is 2. The lowest BCUT2D eigenvalue weighted by Crippen LogP contribution is -2.38. The maximum Gasteiger partial charge on any atom is 0.244 e. The molecule has 1 atom stereocenters. The Hall–Kier alpha value is -2.27. The highest BCUT2D eigenvalue weighted by atomic mass is 32.2. The Morgan fingerprint density at radius 3 is 2.71 bits per heavy atom. The number of carbonyl (C=O) groups is 2. The van der Waals surface area contributed by atoms with Gasteiger partial charge in [-0.1, -0.05) is 37.3 Å². The first-order valence-electron chi connectivity index (χ1n) is 7.96. The van der Waals surface area contributed by atoms with Crippen molar-refractivity contribution in [3.05, 3.63) is 54.1 Å². The molecule has 124 valence electrons. The lowest BCUT2D eigenvalue weighted by Gasteiger charge is -2.22. The van der Waals surface area contributed by atoms with Gasteiger partial charge in [0.2, 0.25) is 11.8 Å². The van der Waals surface area contributed by atoms with E-state index in [0.717, 1.165) is 21.8 Å². The Bertz CT molecular complexity index is 775. The van der Waals surface area contributed by atoms with Gasteiger partial charge in [-0.3, -0.25) is 9.59 Å². The highest BCUT2D eigenvalue weighted by Crippen LogP contribution is 2.37. The summed E-state index contributed by atoms with van der Waals surface area (Å²) in [6.07, 6.45) is 0.428. The van der Waals surface area contributed by atoms with Crippen LogP contribution >= 0.6 is 11.8 Å². The molecule has 1 aliphatic heterocycles. The second kappa shape index (κ2) is 7.09. The number of hydrogen-bond acceptors (Lipinski definition) is 3. The molecule has 5 heteroatoms. The monoisotopic (exact) mass is 340 g/mol. The number of para-hydroxylation sites is 2.